The first-order valence-corrected chi connectivity index (χ1v) is 8.15. The first-order chi connectivity index (χ1) is 10.2. The van der Waals surface area contributed by atoms with Gasteiger partial charge in [0.2, 0.25) is 5.91 Å². The summed E-state index contributed by atoms with van der Waals surface area (Å²) >= 11 is 1.59. The van der Waals surface area contributed by atoms with Crippen LogP contribution in [-0.2, 0) is 4.79 Å². The van der Waals surface area contributed by atoms with E-state index < -0.39 is 0 Å². The highest BCUT2D eigenvalue weighted by Crippen LogP contribution is 2.24. The molecule has 0 aliphatic rings. The highest BCUT2D eigenvalue weighted by molar-refractivity contribution is 8.00. The second kappa shape index (κ2) is 7.89. The second-order valence-electron chi connectivity index (χ2n) is 4.95. The summed E-state index contributed by atoms with van der Waals surface area (Å²) in [6.45, 7) is 4.04. The molecule has 0 spiro atoms. The van der Waals surface area contributed by atoms with Gasteiger partial charge in [0, 0.05) is 4.90 Å². The molecule has 0 aliphatic heterocycles. The van der Waals surface area contributed by atoms with E-state index in [9.17, 15) is 4.79 Å². The zero-order valence-corrected chi connectivity index (χ0v) is 13.3. The van der Waals surface area contributed by atoms with Crippen LogP contribution in [0.3, 0.4) is 0 Å². The van der Waals surface area contributed by atoms with Crippen LogP contribution in [0.4, 0.5) is 0 Å². The maximum absolute atomic E-state index is 12.4. The molecule has 0 radical (unpaired) electrons. The zero-order chi connectivity index (χ0) is 15.1. The molecule has 0 saturated heterocycles. The fourth-order valence-corrected chi connectivity index (χ4v) is 3.05. The van der Waals surface area contributed by atoms with E-state index in [0.717, 1.165) is 16.9 Å². The van der Waals surface area contributed by atoms with Gasteiger partial charge in [-0.05, 0) is 31.0 Å². The number of hydrogen-bond donors (Lipinski definition) is 1. The van der Waals surface area contributed by atoms with Crippen molar-refractivity contribution in [2.45, 2.75) is 36.5 Å². The second-order valence-corrected chi connectivity index (χ2v) is 6.37. The molecule has 2 atom stereocenters. The summed E-state index contributed by atoms with van der Waals surface area (Å²) in [7, 11) is 0. The third-order valence-electron chi connectivity index (χ3n) is 3.35. The van der Waals surface area contributed by atoms with Crippen molar-refractivity contribution < 1.29 is 4.79 Å². The average Bonchev–Trinajstić information content (AvgIpc) is 2.54. The van der Waals surface area contributed by atoms with Crippen molar-refractivity contribution in [2.75, 3.05) is 0 Å². The van der Waals surface area contributed by atoms with Gasteiger partial charge in [-0.3, -0.25) is 4.79 Å². The molecule has 2 rings (SSSR count). The molecule has 0 bridgehead atoms. The summed E-state index contributed by atoms with van der Waals surface area (Å²) in [5, 5.41) is 3.04. The Bertz CT molecular complexity index is 556. The van der Waals surface area contributed by atoms with Crippen LogP contribution in [0, 0.1) is 0 Å². The number of amides is 1. The fourth-order valence-electron chi connectivity index (χ4n) is 2.15. The minimum Gasteiger partial charge on any atom is -0.348 e. The Kier molecular flexibility index (Phi) is 5.88. The standard InChI is InChI=1S/C18H21NOS/c1-3-17(15-10-6-4-7-11-15)19-18(20)14(2)21-16-12-8-5-9-13-16/h4-14,17H,3H2,1-2H3,(H,19,20)/t14-,17-/m0/s1. The van der Waals surface area contributed by atoms with Gasteiger partial charge in [0.05, 0.1) is 11.3 Å². The zero-order valence-electron chi connectivity index (χ0n) is 12.5. The van der Waals surface area contributed by atoms with E-state index in [1.54, 1.807) is 11.8 Å². The lowest BCUT2D eigenvalue weighted by Crippen LogP contribution is -2.34. The molecule has 3 heteroatoms. The van der Waals surface area contributed by atoms with Gasteiger partial charge in [-0.15, -0.1) is 11.8 Å². The molecule has 1 N–H and O–H groups in total. The van der Waals surface area contributed by atoms with Crippen molar-refractivity contribution in [3.8, 4) is 0 Å². The first-order valence-electron chi connectivity index (χ1n) is 7.27. The van der Waals surface area contributed by atoms with Crippen LogP contribution >= 0.6 is 11.8 Å². The number of carbonyl (C=O) groups is 1. The van der Waals surface area contributed by atoms with Crippen LogP contribution in [0.25, 0.3) is 0 Å². The van der Waals surface area contributed by atoms with Crippen molar-refractivity contribution in [3.63, 3.8) is 0 Å². The maximum Gasteiger partial charge on any atom is 0.233 e. The lowest BCUT2D eigenvalue weighted by Gasteiger charge is -2.20. The molecule has 0 aromatic heterocycles. The summed E-state index contributed by atoms with van der Waals surface area (Å²) in [5.74, 6) is 0.0829. The van der Waals surface area contributed by atoms with Crippen LogP contribution in [0.15, 0.2) is 65.6 Å². The van der Waals surface area contributed by atoms with Crippen molar-refractivity contribution >= 4 is 17.7 Å². The van der Waals surface area contributed by atoms with Gasteiger partial charge in [0.15, 0.2) is 0 Å². The smallest absolute Gasteiger partial charge is 0.233 e. The van der Waals surface area contributed by atoms with Gasteiger partial charge in [-0.25, -0.2) is 0 Å². The lowest BCUT2D eigenvalue weighted by molar-refractivity contribution is -0.121. The fraction of sp³-hybridized carbons (Fsp3) is 0.278. The Hall–Kier alpha value is -1.74. The molecule has 0 aliphatic carbocycles. The molecule has 2 nitrogen and oxygen atoms in total. The monoisotopic (exact) mass is 299 g/mol. The molecule has 2 aromatic rings. The molecule has 0 unspecified atom stereocenters. The Morgan fingerprint density at radius 1 is 1.05 bits per heavy atom. The maximum atomic E-state index is 12.4. The van der Waals surface area contributed by atoms with Gasteiger partial charge in [-0.2, -0.15) is 0 Å². The van der Waals surface area contributed by atoms with Crippen LogP contribution in [0.2, 0.25) is 0 Å². The molecule has 0 saturated carbocycles. The highest BCUT2D eigenvalue weighted by atomic mass is 32.2. The minimum atomic E-state index is -0.106. The molecule has 1 amide bonds. The number of hydrogen-bond acceptors (Lipinski definition) is 2. The Labute approximate surface area is 131 Å². The average molecular weight is 299 g/mol. The SMILES string of the molecule is CC[C@H](NC(=O)[C@H](C)Sc1ccccc1)c1ccccc1. The summed E-state index contributed by atoms with van der Waals surface area (Å²) in [6, 6.07) is 20.2. The van der Waals surface area contributed by atoms with Gasteiger partial charge in [0.25, 0.3) is 0 Å². The predicted octanol–water partition coefficient (Wildman–Crippen LogP) is 4.43. The third-order valence-corrected chi connectivity index (χ3v) is 4.46. The van der Waals surface area contributed by atoms with E-state index in [1.807, 2.05) is 55.5 Å². The molecule has 0 heterocycles. The Balaban J connectivity index is 1.96. The number of thioether (sulfide) groups is 1. The van der Waals surface area contributed by atoms with Crippen LogP contribution in [-0.4, -0.2) is 11.2 Å². The van der Waals surface area contributed by atoms with E-state index in [4.69, 9.17) is 0 Å². The number of benzene rings is 2. The lowest BCUT2D eigenvalue weighted by atomic mass is 10.0. The largest absolute Gasteiger partial charge is 0.348 e. The molecule has 0 fully saturated rings. The highest BCUT2D eigenvalue weighted by Gasteiger charge is 2.18. The van der Waals surface area contributed by atoms with E-state index in [-0.39, 0.29) is 17.2 Å². The minimum absolute atomic E-state index is 0.0810. The Morgan fingerprint density at radius 2 is 1.62 bits per heavy atom. The van der Waals surface area contributed by atoms with Crippen molar-refractivity contribution in [3.05, 3.63) is 66.2 Å². The summed E-state index contributed by atoms with van der Waals surface area (Å²) in [5.41, 5.74) is 1.16. The molecular weight excluding hydrogens is 278 g/mol. The van der Waals surface area contributed by atoms with E-state index >= 15 is 0 Å². The van der Waals surface area contributed by atoms with Gasteiger partial charge < -0.3 is 5.32 Å². The van der Waals surface area contributed by atoms with Crippen LogP contribution in [0.5, 0.6) is 0 Å². The van der Waals surface area contributed by atoms with Gasteiger partial charge in [0.1, 0.15) is 0 Å². The molecular formula is C18H21NOS. The van der Waals surface area contributed by atoms with Gasteiger partial charge >= 0.3 is 0 Å². The number of nitrogens with one attached hydrogen (secondary N) is 1. The summed E-state index contributed by atoms with van der Waals surface area (Å²) in [4.78, 5) is 13.5. The van der Waals surface area contributed by atoms with Crippen molar-refractivity contribution in [2.24, 2.45) is 0 Å². The Morgan fingerprint density at radius 3 is 2.19 bits per heavy atom. The van der Waals surface area contributed by atoms with Crippen molar-refractivity contribution in [1.82, 2.24) is 5.32 Å². The predicted molar refractivity (Wildman–Crippen MR) is 89.4 cm³/mol. The van der Waals surface area contributed by atoms with E-state index in [0.29, 0.717) is 0 Å². The van der Waals surface area contributed by atoms with E-state index in [2.05, 4.69) is 24.4 Å². The number of carbonyl (C=O) groups excluding carboxylic acids is 1. The first kappa shape index (κ1) is 15.6. The number of rotatable bonds is 6. The molecule has 21 heavy (non-hydrogen) atoms. The van der Waals surface area contributed by atoms with E-state index in [1.165, 1.54) is 0 Å². The van der Waals surface area contributed by atoms with Crippen molar-refractivity contribution in [1.29, 1.82) is 0 Å². The quantitative estimate of drug-likeness (QED) is 0.799. The van der Waals surface area contributed by atoms with Gasteiger partial charge in [-0.1, -0.05) is 55.5 Å². The summed E-state index contributed by atoms with van der Waals surface area (Å²) < 4.78 is 0. The summed E-state index contributed by atoms with van der Waals surface area (Å²) in [6.07, 6.45) is 0.887. The molecule has 2 aromatic carbocycles. The molecule has 110 valence electrons. The topological polar surface area (TPSA) is 29.1 Å². The third kappa shape index (κ3) is 4.64. The van der Waals surface area contributed by atoms with Crippen LogP contribution in [0.1, 0.15) is 31.9 Å². The normalized spacial score (nSPS) is 13.4. The van der Waals surface area contributed by atoms with Crippen LogP contribution < -0.4 is 5.32 Å².